The van der Waals surface area contributed by atoms with E-state index in [4.69, 9.17) is 0 Å². The minimum Gasteiger partial charge on any atom is -0.0613 e. The third-order valence-electron chi connectivity index (χ3n) is 3.74. The van der Waals surface area contributed by atoms with Crippen LogP contribution in [0.3, 0.4) is 0 Å². The van der Waals surface area contributed by atoms with E-state index in [0.717, 1.165) is 0 Å². The van der Waals surface area contributed by atoms with Crippen LogP contribution in [0.4, 0.5) is 0 Å². The molecule has 4 rings (SSSR count). The van der Waals surface area contributed by atoms with Crippen LogP contribution in [0.2, 0.25) is 0 Å². The summed E-state index contributed by atoms with van der Waals surface area (Å²) in [6.07, 6.45) is 4.44. The Labute approximate surface area is 100 Å². The molecule has 0 heteroatoms. The molecular formula is C17H12. The summed E-state index contributed by atoms with van der Waals surface area (Å²) in [7, 11) is 0. The Bertz CT molecular complexity index is 792. The quantitative estimate of drug-likeness (QED) is 0.371. The molecule has 1 aliphatic rings. The van der Waals surface area contributed by atoms with Crippen molar-refractivity contribution in [3.05, 3.63) is 59.2 Å². The van der Waals surface area contributed by atoms with Crippen LogP contribution >= 0.6 is 0 Å². The Morgan fingerprint density at radius 1 is 0.706 bits per heavy atom. The van der Waals surface area contributed by atoms with Crippen LogP contribution < -0.4 is 0 Å². The summed E-state index contributed by atoms with van der Waals surface area (Å²) < 4.78 is 0. The molecule has 3 aromatic carbocycles. The molecule has 0 unspecified atom stereocenters. The molecule has 0 aromatic heterocycles. The number of rotatable bonds is 0. The van der Waals surface area contributed by atoms with E-state index in [1.807, 2.05) is 0 Å². The largest absolute Gasteiger partial charge is 0.0613 e. The van der Waals surface area contributed by atoms with Crippen molar-refractivity contribution in [1.29, 1.82) is 0 Å². The predicted octanol–water partition coefficient (Wildman–Crippen LogP) is 4.79. The van der Waals surface area contributed by atoms with Crippen LogP contribution in [0.15, 0.2) is 42.5 Å². The Morgan fingerprint density at radius 3 is 2.41 bits per heavy atom. The van der Waals surface area contributed by atoms with Crippen molar-refractivity contribution in [3.63, 3.8) is 0 Å². The van der Waals surface area contributed by atoms with Crippen molar-refractivity contribution in [1.82, 2.24) is 0 Å². The minimum atomic E-state index is 1.35. The van der Waals surface area contributed by atoms with Gasteiger partial charge in [-0.2, -0.15) is 0 Å². The molecule has 0 nitrogen and oxygen atoms in total. The van der Waals surface area contributed by atoms with E-state index < -0.39 is 0 Å². The van der Waals surface area contributed by atoms with Gasteiger partial charge in [0.25, 0.3) is 0 Å². The summed E-state index contributed by atoms with van der Waals surface area (Å²) in [6, 6.07) is 15.5. The van der Waals surface area contributed by atoms with E-state index in [1.54, 1.807) is 0 Å². The van der Waals surface area contributed by atoms with Gasteiger partial charge in [0, 0.05) is 0 Å². The second-order valence-corrected chi connectivity index (χ2v) is 4.74. The number of aryl methyl sites for hydroxylation is 1. The summed E-state index contributed by atoms with van der Waals surface area (Å²) in [6.45, 7) is 2.18. The van der Waals surface area contributed by atoms with Crippen LogP contribution in [-0.4, -0.2) is 0 Å². The van der Waals surface area contributed by atoms with Gasteiger partial charge in [0.2, 0.25) is 0 Å². The number of benzene rings is 3. The molecule has 17 heavy (non-hydrogen) atoms. The first-order valence-electron chi connectivity index (χ1n) is 5.98. The summed E-state index contributed by atoms with van der Waals surface area (Å²) in [5.74, 6) is 0. The number of hydrogen-bond acceptors (Lipinski definition) is 0. The summed E-state index contributed by atoms with van der Waals surface area (Å²) in [5.41, 5.74) is 4.06. The fourth-order valence-corrected chi connectivity index (χ4v) is 2.90. The van der Waals surface area contributed by atoms with Crippen LogP contribution in [0.25, 0.3) is 33.7 Å². The smallest absolute Gasteiger partial charge is 0.00324 e. The van der Waals surface area contributed by atoms with Crippen molar-refractivity contribution in [3.8, 4) is 0 Å². The third kappa shape index (κ3) is 1.07. The van der Waals surface area contributed by atoms with Gasteiger partial charge in [-0.3, -0.25) is 0 Å². The molecule has 0 radical (unpaired) electrons. The van der Waals surface area contributed by atoms with Gasteiger partial charge in [-0.25, -0.2) is 0 Å². The normalized spacial score (nSPS) is 12.8. The first-order chi connectivity index (χ1) is 8.34. The molecule has 80 valence electrons. The van der Waals surface area contributed by atoms with Crippen molar-refractivity contribution >= 4 is 33.7 Å². The van der Waals surface area contributed by atoms with Gasteiger partial charge in [0.15, 0.2) is 0 Å². The minimum absolute atomic E-state index is 1.35. The predicted molar refractivity (Wildman–Crippen MR) is 75.1 cm³/mol. The SMILES string of the molecule is Cc1cccc2c1cc1c3c(cccc32)C=C1. The van der Waals surface area contributed by atoms with E-state index in [2.05, 4.69) is 61.5 Å². The Hall–Kier alpha value is -2.08. The average Bonchev–Trinajstić information content (AvgIpc) is 2.76. The van der Waals surface area contributed by atoms with Crippen LogP contribution in [0.5, 0.6) is 0 Å². The lowest BCUT2D eigenvalue weighted by atomic mass is 9.95. The molecule has 0 fully saturated rings. The molecule has 0 spiro atoms. The third-order valence-corrected chi connectivity index (χ3v) is 3.74. The second kappa shape index (κ2) is 2.98. The maximum atomic E-state index is 2.32. The summed E-state index contributed by atoms with van der Waals surface area (Å²) >= 11 is 0. The lowest BCUT2D eigenvalue weighted by Gasteiger charge is -2.09. The second-order valence-electron chi connectivity index (χ2n) is 4.74. The zero-order chi connectivity index (χ0) is 11.4. The molecule has 3 aromatic rings. The molecule has 0 saturated carbocycles. The first-order valence-corrected chi connectivity index (χ1v) is 5.98. The highest BCUT2D eigenvalue weighted by molar-refractivity contribution is 6.17. The molecule has 0 aliphatic heterocycles. The van der Waals surface area contributed by atoms with Gasteiger partial charge in [-0.05, 0) is 51.2 Å². The monoisotopic (exact) mass is 216 g/mol. The molecule has 1 aliphatic carbocycles. The van der Waals surface area contributed by atoms with Crippen LogP contribution in [0.1, 0.15) is 16.7 Å². The zero-order valence-electron chi connectivity index (χ0n) is 9.70. The van der Waals surface area contributed by atoms with Gasteiger partial charge >= 0.3 is 0 Å². The first kappa shape index (κ1) is 9.00. The standard InChI is InChI=1S/C17H12/c1-11-4-2-6-14-15-7-3-5-12-8-9-13(17(12)15)10-16(11)14/h2-10H,1H3. The molecule has 0 amide bonds. The Morgan fingerprint density at radius 2 is 1.47 bits per heavy atom. The molecule has 0 bridgehead atoms. The van der Waals surface area contributed by atoms with E-state index >= 15 is 0 Å². The molecule has 0 atom stereocenters. The maximum absolute atomic E-state index is 2.32. The lowest BCUT2D eigenvalue weighted by Crippen LogP contribution is -1.84. The van der Waals surface area contributed by atoms with Crippen LogP contribution in [0, 0.1) is 6.92 Å². The molecule has 0 heterocycles. The zero-order valence-corrected chi connectivity index (χ0v) is 9.70. The highest BCUT2D eigenvalue weighted by Crippen LogP contribution is 2.37. The van der Waals surface area contributed by atoms with Gasteiger partial charge in [-0.1, -0.05) is 48.6 Å². The Kier molecular flexibility index (Phi) is 1.58. The van der Waals surface area contributed by atoms with Gasteiger partial charge < -0.3 is 0 Å². The van der Waals surface area contributed by atoms with Crippen molar-refractivity contribution < 1.29 is 0 Å². The number of hydrogen-bond donors (Lipinski definition) is 0. The van der Waals surface area contributed by atoms with Gasteiger partial charge in [0.1, 0.15) is 0 Å². The highest BCUT2D eigenvalue weighted by Gasteiger charge is 2.12. The number of fused-ring (bicyclic) bond motifs is 2. The van der Waals surface area contributed by atoms with Crippen LogP contribution in [-0.2, 0) is 0 Å². The van der Waals surface area contributed by atoms with E-state index in [1.165, 1.54) is 38.2 Å². The fourth-order valence-electron chi connectivity index (χ4n) is 2.90. The molecule has 0 saturated heterocycles. The summed E-state index contributed by atoms with van der Waals surface area (Å²) in [4.78, 5) is 0. The fraction of sp³-hybridized carbons (Fsp3) is 0.0588. The van der Waals surface area contributed by atoms with E-state index in [0.29, 0.717) is 0 Å². The van der Waals surface area contributed by atoms with Gasteiger partial charge in [0.05, 0.1) is 0 Å². The summed E-state index contributed by atoms with van der Waals surface area (Å²) in [5, 5.41) is 5.53. The van der Waals surface area contributed by atoms with Crippen molar-refractivity contribution in [2.75, 3.05) is 0 Å². The van der Waals surface area contributed by atoms with Crippen molar-refractivity contribution in [2.24, 2.45) is 0 Å². The van der Waals surface area contributed by atoms with E-state index in [-0.39, 0.29) is 0 Å². The van der Waals surface area contributed by atoms with Crippen molar-refractivity contribution in [2.45, 2.75) is 6.92 Å². The average molecular weight is 216 g/mol. The lowest BCUT2D eigenvalue weighted by molar-refractivity contribution is 1.54. The van der Waals surface area contributed by atoms with Gasteiger partial charge in [-0.15, -0.1) is 0 Å². The highest BCUT2D eigenvalue weighted by atomic mass is 14.2. The molecule has 0 N–H and O–H groups in total. The molecular weight excluding hydrogens is 204 g/mol. The maximum Gasteiger partial charge on any atom is -0.00324 e. The van der Waals surface area contributed by atoms with E-state index in [9.17, 15) is 0 Å². The Balaban J connectivity index is 2.38. The topological polar surface area (TPSA) is 0 Å².